The van der Waals surface area contributed by atoms with Crippen LogP contribution in [0.25, 0.3) is 0 Å². The minimum Gasteiger partial charge on any atom is -0.454 e. The molecule has 1 saturated heterocycles. The molecule has 0 spiro atoms. The lowest BCUT2D eigenvalue weighted by Gasteiger charge is -2.17. The van der Waals surface area contributed by atoms with Gasteiger partial charge in [0, 0.05) is 11.5 Å². The van der Waals surface area contributed by atoms with E-state index in [0.29, 0.717) is 5.57 Å². The fraction of sp³-hybridized carbons (Fsp3) is 0.533. The minimum absolute atomic E-state index is 0.0825. The van der Waals surface area contributed by atoms with Crippen LogP contribution in [0.2, 0.25) is 0 Å². The Bertz CT molecular complexity index is 401. The van der Waals surface area contributed by atoms with Crippen molar-refractivity contribution in [1.82, 2.24) is 0 Å². The van der Waals surface area contributed by atoms with E-state index >= 15 is 0 Å². The maximum atomic E-state index is 11.6. The second kappa shape index (κ2) is 4.91. The molecule has 2 rings (SSSR count). The van der Waals surface area contributed by atoms with Crippen LogP contribution in [0, 0.1) is 5.92 Å². The Hall–Kier alpha value is -1.31. The van der Waals surface area contributed by atoms with Gasteiger partial charge in [0.2, 0.25) is 0 Å². The maximum Gasteiger partial charge on any atom is 0.334 e. The Morgan fingerprint density at radius 3 is 2.82 bits per heavy atom. The van der Waals surface area contributed by atoms with Gasteiger partial charge in [-0.1, -0.05) is 23.8 Å². The third-order valence-electron chi connectivity index (χ3n) is 3.68. The largest absolute Gasteiger partial charge is 0.454 e. The number of esters is 1. The van der Waals surface area contributed by atoms with Crippen molar-refractivity contribution < 1.29 is 9.53 Å². The zero-order valence-corrected chi connectivity index (χ0v) is 10.7. The summed E-state index contributed by atoms with van der Waals surface area (Å²) in [5, 5.41) is 0. The second-order valence-electron chi connectivity index (χ2n) is 5.14. The lowest BCUT2D eigenvalue weighted by Crippen LogP contribution is -2.15. The minimum atomic E-state index is -0.218. The highest BCUT2D eigenvalue weighted by molar-refractivity contribution is 5.91. The van der Waals surface area contributed by atoms with Gasteiger partial charge in [0.25, 0.3) is 0 Å². The smallest absolute Gasteiger partial charge is 0.334 e. The Kier molecular flexibility index (Phi) is 3.51. The average molecular weight is 232 g/mol. The van der Waals surface area contributed by atoms with Gasteiger partial charge in [-0.15, -0.1) is 0 Å². The van der Waals surface area contributed by atoms with Crippen molar-refractivity contribution in [3.63, 3.8) is 0 Å². The van der Waals surface area contributed by atoms with Crippen molar-refractivity contribution in [1.29, 1.82) is 0 Å². The summed E-state index contributed by atoms with van der Waals surface area (Å²) in [6.07, 6.45) is 8.45. The van der Waals surface area contributed by atoms with Gasteiger partial charge in [-0.25, -0.2) is 4.79 Å². The fourth-order valence-electron chi connectivity index (χ4n) is 2.51. The van der Waals surface area contributed by atoms with Gasteiger partial charge < -0.3 is 4.74 Å². The summed E-state index contributed by atoms with van der Waals surface area (Å²) < 4.78 is 5.38. The van der Waals surface area contributed by atoms with E-state index in [1.807, 2.05) is 0 Å². The molecule has 17 heavy (non-hydrogen) atoms. The Morgan fingerprint density at radius 2 is 2.06 bits per heavy atom. The first-order valence-electron chi connectivity index (χ1n) is 6.30. The molecule has 92 valence electrons. The molecule has 0 saturated carbocycles. The van der Waals surface area contributed by atoms with Crippen LogP contribution in [0.3, 0.4) is 0 Å². The molecule has 0 aromatic heterocycles. The monoisotopic (exact) mass is 232 g/mol. The molecule has 0 bridgehead atoms. The molecule has 0 unspecified atom stereocenters. The molecule has 0 amide bonds. The van der Waals surface area contributed by atoms with E-state index in [4.69, 9.17) is 4.74 Å². The van der Waals surface area contributed by atoms with E-state index in [9.17, 15) is 4.79 Å². The number of hydrogen-bond donors (Lipinski definition) is 0. The predicted molar refractivity (Wildman–Crippen MR) is 68.5 cm³/mol. The van der Waals surface area contributed by atoms with E-state index in [0.717, 1.165) is 25.7 Å². The number of allylic oxidation sites excluding steroid dienone is 3. The van der Waals surface area contributed by atoms with Gasteiger partial charge in [0.15, 0.2) is 0 Å². The van der Waals surface area contributed by atoms with Crippen molar-refractivity contribution in [2.75, 3.05) is 0 Å². The van der Waals surface area contributed by atoms with Gasteiger partial charge >= 0.3 is 5.97 Å². The fourth-order valence-corrected chi connectivity index (χ4v) is 2.51. The van der Waals surface area contributed by atoms with Crippen LogP contribution >= 0.6 is 0 Å². The summed E-state index contributed by atoms with van der Waals surface area (Å²) in [6, 6.07) is 0. The summed E-state index contributed by atoms with van der Waals surface area (Å²) in [6.45, 7) is 8.14. The van der Waals surface area contributed by atoms with Crippen LogP contribution in [0.5, 0.6) is 0 Å². The molecular weight excluding hydrogens is 212 g/mol. The number of ether oxygens (including phenoxy) is 1. The molecule has 0 aromatic carbocycles. The van der Waals surface area contributed by atoms with Gasteiger partial charge in [0.1, 0.15) is 6.10 Å². The summed E-state index contributed by atoms with van der Waals surface area (Å²) in [5.41, 5.74) is 3.35. The van der Waals surface area contributed by atoms with Crippen LogP contribution in [-0.4, -0.2) is 12.1 Å². The predicted octanol–water partition coefficient (Wildman–Crippen LogP) is 3.55. The molecule has 1 heterocycles. The topological polar surface area (TPSA) is 26.3 Å². The number of rotatable bonds is 0. The molecule has 2 heteroatoms. The maximum absolute atomic E-state index is 11.6. The standard InChI is InChI=1S/C15H20O2/c1-10-5-4-6-11(2)9-14-13(8-7-10)12(3)15(16)17-14/h5,9,13-14H,3-4,6-8H2,1-2H3/b10-5+,11-9?/t13-,14+/m0/s1. The molecule has 1 aliphatic carbocycles. The third kappa shape index (κ3) is 2.68. The summed E-state index contributed by atoms with van der Waals surface area (Å²) in [7, 11) is 0. The number of fused-ring (bicyclic) bond motifs is 1. The number of carbonyl (C=O) groups is 1. The van der Waals surface area contributed by atoms with E-state index in [-0.39, 0.29) is 18.0 Å². The van der Waals surface area contributed by atoms with Crippen molar-refractivity contribution in [2.24, 2.45) is 5.92 Å². The molecule has 2 atom stereocenters. The van der Waals surface area contributed by atoms with E-state index in [1.54, 1.807) is 0 Å². The molecule has 0 radical (unpaired) electrons. The van der Waals surface area contributed by atoms with Crippen LogP contribution in [0.1, 0.15) is 39.5 Å². The first-order valence-corrected chi connectivity index (χ1v) is 6.30. The highest BCUT2D eigenvalue weighted by Gasteiger charge is 2.36. The highest BCUT2D eigenvalue weighted by atomic mass is 16.5. The summed E-state index contributed by atoms with van der Waals surface area (Å²) in [4.78, 5) is 11.6. The number of carbonyl (C=O) groups excluding carboxylic acids is 1. The summed E-state index contributed by atoms with van der Waals surface area (Å²) in [5.74, 6) is -0.0520. The molecule has 0 N–H and O–H groups in total. The van der Waals surface area contributed by atoms with Crippen LogP contribution in [0.15, 0.2) is 35.5 Å². The van der Waals surface area contributed by atoms with Gasteiger partial charge in [-0.05, 0) is 45.6 Å². The van der Waals surface area contributed by atoms with Gasteiger partial charge in [0.05, 0.1) is 0 Å². The molecule has 1 fully saturated rings. The van der Waals surface area contributed by atoms with Gasteiger partial charge in [-0.3, -0.25) is 0 Å². The zero-order valence-electron chi connectivity index (χ0n) is 10.7. The SMILES string of the molecule is C=C1C(=O)O[C@@H]2C=C(C)CC/C=C(\C)CC[C@@H]12. The Morgan fingerprint density at radius 1 is 1.29 bits per heavy atom. The Balaban J connectivity index is 2.24. The quantitative estimate of drug-likeness (QED) is 0.363. The van der Waals surface area contributed by atoms with Crippen molar-refractivity contribution >= 4 is 5.97 Å². The first kappa shape index (κ1) is 12.2. The van der Waals surface area contributed by atoms with Crippen LogP contribution < -0.4 is 0 Å². The van der Waals surface area contributed by atoms with Gasteiger partial charge in [-0.2, -0.15) is 0 Å². The van der Waals surface area contributed by atoms with Crippen molar-refractivity contribution in [3.05, 3.63) is 35.5 Å². The normalized spacial score (nSPS) is 33.3. The van der Waals surface area contributed by atoms with E-state index in [2.05, 4.69) is 32.6 Å². The van der Waals surface area contributed by atoms with E-state index in [1.165, 1.54) is 11.1 Å². The van der Waals surface area contributed by atoms with Crippen LogP contribution in [0.4, 0.5) is 0 Å². The molecule has 2 aliphatic rings. The lowest BCUT2D eigenvalue weighted by molar-refractivity contribution is -0.137. The first-order chi connectivity index (χ1) is 8.08. The molecular formula is C15H20O2. The molecule has 1 aliphatic heterocycles. The van der Waals surface area contributed by atoms with Crippen molar-refractivity contribution in [2.45, 2.75) is 45.6 Å². The van der Waals surface area contributed by atoms with Crippen LogP contribution in [-0.2, 0) is 9.53 Å². The lowest BCUT2D eigenvalue weighted by atomic mass is 9.88. The summed E-state index contributed by atoms with van der Waals surface area (Å²) >= 11 is 0. The van der Waals surface area contributed by atoms with Crippen molar-refractivity contribution in [3.8, 4) is 0 Å². The highest BCUT2D eigenvalue weighted by Crippen LogP contribution is 2.33. The second-order valence-corrected chi connectivity index (χ2v) is 5.14. The average Bonchev–Trinajstić information content (AvgIpc) is 2.52. The Labute approximate surface area is 103 Å². The number of hydrogen-bond acceptors (Lipinski definition) is 2. The zero-order chi connectivity index (χ0) is 12.4. The molecule has 0 aromatic rings. The molecule has 2 nitrogen and oxygen atoms in total. The van der Waals surface area contributed by atoms with E-state index < -0.39 is 0 Å². The third-order valence-corrected chi connectivity index (χ3v) is 3.68.